The van der Waals surface area contributed by atoms with Gasteiger partial charge >= 0.3 is 0 Å². The quantitative estimate of drug-likeness (QED) is 0.863. The minimum Gasteiger partial charge on any atom is -0.454 e. The SMILES string of the molecule is CN(Cc1ccc2c(c1)OCO2)C(=O)CNC(=O)c1ccc(C(C)(C)C)cc1. The maximum absolute atomic E-state index is 12.4. The van der Waals surface area contributed by atoms with Crippen LogP contribution in [-0.2, 0) is 16.8 Å². The molecule has 0 radical (unpaired) electrons. The summed E-state index contributed by atoms with van der Waals surface area (Å²) in [7, 11) is 1.71. The summed E-state index contributed by atoms with van der Waals surface area (Å²) in [6.07, 6.45) is 0. The first-order valence-corrected chi connectivity index (χ1v) is 9.25. The van der Waals surface area contributed by atoms with Crippen molar-refractivity contribution in [3.8, 4) is 11.5 Å². The van der Waals surface area contributed by atoms with Crippen molar-refractivity contribution in [2.24, 2.45) is 0 Å². The summed E-state index contributed by atoms with van der Waals surface area (Å²) in [5, 5.41) is 2.69. The topological polar surface area (TPSA) is 67.9 Å². The van der Waals surface area contributed by atoms with Gasteiger partial charge in [0, 0.05) is 19.2 Å². The molecular formula is C22H26N2O4. The molecule has 1 heterocycles. The fraction of sp³-hybridized carbons (Fsp3) is 0.364. The van der Waals surface area contributed by atoms with E-state index in [1.807, 2.05) is 30.3 Å². The number of nitrogens with one attached hydrogen (secondary N) is 1. The van der Waals surface area contributed by atoms with Crippen LogP contribution in [0.1, 0.15) is 42.3 Å². The van der Waals surface area contributed by atoms with Gasteiger partial charge < -0.3 is 19.7 Å². The summed E-state index contributed by atoms with van der Waals surface area (Å²) < 4.78 is 10.6. The van der Waals surface area contributed by atoms with Gasteiger partial charge in [-0.1, -0.05) is 39.0 Å². The van der Waals surface area contributed by atoms with Crippen molar-refractivity contribution in [2.75, 3.05) is 20.4 Å². The van der Waals surface area contributed by atoms with E-state index in [0.29, 0.717) is 23.6 Å². The summed E-state index contributed by atoms with van der Waals surface area (Å²) in [4.78, 5) is 26.2. The first kappa shape index (κ1) is 19.7. The number of hydrogen-bond acceptors (Lipinski definition) is 4. The average molecular weight is 382 g/mol. The summed E-state index contributed by atoms with van der Waals surface area (Å²) in [5.41, 5.74) is 2.66. The molecule has 0 bridgehead atoms. The Kier molecular flexibility index (Phi) is 5.58. The van der Waals surface area contributed by atoms with Gasteiger partial charge in [-0.25, -0.2) is 0 Å². The second-order valence-corrected chi connectivity index (χ2v) is 7.95. The highest BCUT2D eigenvalue weighted by Gasteiger charge is 2.17. The second kappa shape index (κ2) is 7.92. The van der Waals surface area contributed by atoms with E-state index in [1.54, 1.807) is 24.1 Å². The predicted octanol–water partition coefficient (Wildman–Crippen LogP) is 3.10. The highest BCUT2D eigenvalue weighted by atomic mass is 16.7. The highest BCUT2D eigenvalue weighted by molar-refractivity contribution is 5.96. The molecule has 1 aliphatic rings. The Morgan fingerprint density at radius 1 is 1.04 bits per heavy atom. The molecule has 2 amide bonds. The molecule has 0 saturated heterocycles. The molecule has 2 aromatic carbocycles. The van der Waals surface area contributed by atoms with Crippen LogP contribution < -0.4 is 14.8 Å². The Balaban J connectivity index is 1.52. The standard InChI is InChI=1S/C22H26N2O4/c1-22(2,3)17-8-6-16(7-9-17)21(26)23-12-20(25)24(4)13-15-5-10-18-19(11-15)28-14-27-18/h5-11H,12-14H2,1-4H3,(H,23,26). The first-order valence-electron chi connectivity index (χ1n) is 9.25. The van der Waals surface area contributed by atoms with Crippen molar-refractivity contribution in [3.05, 3.63) is 59.2 Å². The zero-order valence-electron chi connectivity index (χ0n) is 16.7. The van der Waals surface area contributed by atoms with E-state index in [2.05, 4.69) is 26.1 Å². The molecule has 6 heteroatoms. The van der Waals surface area contributed by atoms with Gasteiger partial charge in [0.25, 0.3) is 5.91 Å². The number of rotatable bonds is 5. The maximum Gasteiger partial charge on any atom is 0.251 e. The fourth-order valence-electron chi connectivity index (χ4n) is 2.92. The van der Waals surface area contributed by atoms with E-state index in [9.17, 15) is 9.59 Å². The molecule has 0 aromatic heterocycles. The van der Waals surface area contributed by atoms with Crippen molar-refractivity contribution in [3.63, 3.8) is 0 Å². The van der Waals surface area contributed by atoms with Gasteiger partial charge in [-0.3, -0.25) is 9.59 Å². The molecule has 1 N–H and O–H groups in total. The van der Waals surface area contributed by atoms with Gasteiger partial charge in [0.1, 0.15) is 0 Å². The largest absolute Gasteiger partial charge is 0.454 e. The minimum atomic E-state index is -0.259. The van der Waals surface area contributed by atoms with Crippen molar-refractivity contribution in [1.82, 2.24) is 10.2 Å². The number of hydrogen-bond donors (Lipinski definition) is 1. The molecule has 2 aromatic rings. The lowest BCUT2D eigenvalue weighted by Gasteiger charge is -2.19. The molecule has 0 spiro atoms. The molecule has 0 unspecified atom stereocenters. The predicted molar refractivity (Wildman–Crippen MR) is 107 cm³/mol. The van der Waals surface area contributed by atoms with E-state index >= 15 is 0 Å². The van der Waals surface area contributed by atoms with Gasteiger partial charge in [0.05, 0.1) is 6.54 Å². The van der Waals surface area contributed by atoms with Crippen molar-refractivity contribution >= 4 is 11.8 Å². The van der Waals surface area contributed by atoms with Crippen LogP contribution >= 0.6 is 0 Å². The molecule has 0 aliphatic carbocycles. The first-order chi connectivity index (χ1) is 13.2. The van der Waals surface area contributed by atoms with E-state index in [1.165, 1.54) is 0 Å². The third-order valence-corrected chi connectivity index (χ3v) is 4.70. The molecule has 28 heavy (non-hydrogen) atoms. The summed E-state index contributed by atoms with van der Waals surface area (Å²) in [6.45, 7) is 6.95. The van der Waals surface area contributed by atoms with Gasteiger partial charge in [-0.2, -0.15) is 0 Å². The number of ether oxygens (including phenoxy) is 2. The van der Waals surface area contributed by atoms with Crippen molar-refractivity contribution < 1.29 is 19.1 Å². The number of benzene rings is 2. The van der Waals surface area contributed by atoms with E-state index in [4.69, 9.17) is 9.47 Å². The lowest BCUT2D eigenvalue weighted by Crippen LogP contribution is -2.37. The number of nitrogens with zero attached hydrogens (tertiary/aromatic N) is 1. The van der Waals surface area contributed by atoms with Crippen LogP contribution in [0.15, 0.2) is 42.5 Å². The van der Waals surface area contributed by atoms with Crippen LogP contribution in [0.5, 0.6) is 11.5 Å². The molecule has 148 valence electrons. The maximum atomic E-state index is 12.4. The third-order valence-electron chi connectivity index (χ3n) is 4.70. The molecule has 0 fully saturated rings. The molecule has 3 rings (SSSR count). The Hall–Kier alpha value is -3.02. The van der Waals surface area contributed by atoms with Crippen LogP contribution in [0.4, 0.5) is 0 Å². The second-order valence-electron chi connectivity index (χ2n) is 7.95. The van der Waals surface area contributed by atoms with Crippen LogP contribution in [0.25, 0.3) is 0 Å². The van der Waals surface area contributed by atoms with Crippen LogP contribution in [0.2, 0.25) is 0 Å². The van der Waals surface area contributed by atoms with Crippen LogP contribution in [-0.4, -0.2) is 37.1 Å². The zero-order chi connectivity index (χ0) is 20.3. The van der Waals surface area contributed by atoms with Crippen LogP contribution in [0.3, 0.4) is 0 Å². The Morgan fingerprint density at radius 2 is 1.71 bits per heavy atom. The highest BCUT2D eigenvalue weighted by Crippen LogP contribution is 2.32. The van der Waals surface area contributed by atoms with Crippen molar-refractivity contribution in [1.29, 1.82) is 0 Å². The lowest BCUT2D eigenvalue weighted by atomic mass is 9.87. The molecule has 6 nitrogen and oxygen atoms in total. The third kappa shape index (κ3) is 4.63. The van der Waals surface area contributed by atoms with Gasteiger partial charge in [-0.05, 0) is 40.8 Å². The molecular weight excluding hydrogens is 356 g/mol. The monoisotopic (exact) mass is 382 g/mol. The van der Waals surface area contributed by atoms with Gasteiger partial charge in [-0.15, -0.1) is 0 Å². The number of carbonyl (C=O) groups is 2. The van der Waals surface area contributed by atoms with E-state index < -0.39 is 0 Å². The molecule has 1 aliphatic heterocycles. The summed E-state index contributed by atoms with van der Waals surface area (Å²) in [6, 6.07) is 13.1. The molecule has 0 saturated carbocycles. The zero-order valence-corrected chi connectivity index (χ0v) is 16.7. The van der Waals surface area contributed by atoms with Gasteiger partial charge in [0.2, 0.25) is 12.7 Å². The van der Waals surface area contributed by atoms with Crippen LogP contribution in [0, 0.1) is 0 Å². The average Bonchev–Trinajstić information content (AvgIpc) is 3.13. The lowest BCUT2D eigenvalue weighted by molar-refractivity contribution is -0.129. The Morgan fingerprint density at radius 3 is 2.39 bits per heavy atom. The Labute approximate surface area is 165 Å². The van der Waals surface area contributed by atoms with E-state index in [-0.39, 0.29) is 30.6 Å². The van der Waals surface area contributed by atoms with Crippen molar-refractivity contribution in [2.45, 2.75) is 32.7 Å². The smallest absolute Gasteiger partial charge is 0.251 e. The molecule has 0 atom stereocenters. The fourth-order valence-corrected chi connectivity index (χ4v) is 2.92. The normalized spacial score (nSPS) is 12.6. The summed E-state index contributed by atoms with van der Waals surface area (Å²) in [5.74, 6) is 0.968. The van der Waals surface area contributed by atoms with Gasteiger partial charge in [0.15, 0.2) is 11.5 Å². The number of likely N-dealkylation sites (N-methyl/N-ethyl adjacent to an activating group) is 1. The Bertz CT molecular complexity index is 869. The number of fused-ring (bicyclic) bond motifs is 1. The number of carbonyl (C=O) groups excluding carboxylic acids is 2. The summed E-state index contributed by atoms with van der Waals surface area (Å²) >= 11 is 0. The minimum absolute atomic E-state index is 0.0302. The number of amides is 2. The van der Waals surface area contributed by atoms with E-state index in [0.717, 1.165) is 11.1 Å².